The standard InChI is InChI=1S/C14H10BrClFNO/c1-8-2-3-9(15)6-13(8)18-14(19)11-5-4-10(16)7-12(11)17/h2-7H,1H3,(H,18,19). The summed E-state index contributed by atoms with van der Waals surface area (Å²) in [6.07, 6.45) is 0. The molecular formula is C14H10BrClFNO. The van der Waals surface area contributed by atoms with Crippen molar-refractivity contribution in [2.75, 3.05) is 5.32 Å². The number of anilines is 1. The van der Waals surface area contributed by atoms with Gasteiger partial charge in [0.2, 0.25) is 0 Å². The van der Waals surface area contributed by atoms with Crippen molar-refractivity contribution in [3.8, 4) is 0 Å². The Bertz CT molecular complexity index is 645. The Hall–Kier alpha value is -1.39. The van der Waals surface area contributed by atoms with Gasteiger partial charge in [0.25, 0.3) is 5.91 Å². The molecule has 19 heavy (non-hydrogen) atoms. The van der Waals surface area contributed by atoms with Crippen molar-refractivity contribution in [3.05, 3.63) is 62.8 Å². The molecule has 0 aliphatic rings. The molecule has 0 heterocycles. The molecule has 0 aromatic heterocycles. The van der Waals surface area contributed by atoms with Gasteiger partial charge in [-0.2, -0.15) is 0 Å². The lowest BCUT2D eigenvalue weighted by molar-refractivity contribution is 0.102. The summed E-state index contributed by atoms with van der Waals surface area (Å²) in [5.74, 6) is -1.15. The Morgan fingerprint density at radius 3 is 2.68 bits per heavy atom. The van der Waals surface area contributed by atoms with Gasteiger partial charge in [-0.05, 0) is 42.8 Å². The Morgan fingerprint density at radius 1 is 1.26 bits per heavy atom. The molecule has 0 atom stereocenters. The molecule has 0 aliphatic heterocycles. The largest absolute Gasteiger partial charge is 0.322 e. The number of aryl methyl sites for hydroxylation is 1. The van der Waals surface area contributed by atoms with E-state index in [0.717, 1.165) is 16.1 Å². The van der Waals surface area contributed by atoms with Crippen molar-refractivity contribution < 1.29 is 9.18 Å². The summed E-state index contributed by atoms with van der Waals surface area (Å²) in [5, 5.41) is 2.93. The van der Waals surface area contributed by atoms with Gasteiger partial charge in [-0.15, -0.1) is 0 Å². The summed E-state index contributed by atoms with van der Waals surface area (Å²) < 4.78 is 14.5. The molecule has 0 bridgehead atoms. The van der Waals surface area contributed by atoms with Crippen LogP contribution in [0.15, 0.2) is 40.9 Å². The maximum atomic E-state index is 13.6. The van der Waals surface area contributed by atoms with Crippen molar-refractivity contribution in [3.63, 3.8) is 0 Å². The average Bonchev–Trinajstić information content (AvgIpc) is 2.33. The molecule has 0 radical (unpaired) electrons. The molecule has 5 heteroatoms. The van der Waals surface area contributed by atoms with Gasteiger partial charge in [-0.3, -0.25) is 4.79 Å². The molecule has 2 nitrogen and oxygen atoms in total. The minimum atomic E-state index is -0.641. The minimum absolute atomic E-state index is 0.0382. The summed E-state index contributed by atoms with van der Waals surface area (Å²) in [5.41, 5.74) is 1.49. The number of amides is 1. The molecule has 2 aromatic rings. The van der Waals surface area contributed by atoms with Crippen LogP contribution in [0.25, 0.3) is 0 Å². The first-order chi connectivity index (χ1) is 8.97. The monoisotopic (exact) mass is 341 g/mol. The van der Waals surface area contributed by atoms with E-state index in [9.17, 15) is 9.18 Å². The van der Waals surface area contributed by atoms with Crippen LogP contribution < -0.4 is 5.32 Å². The molecule has 0 fully saturated rings. The zero-order valence-corrected chi connectivity index (χ0v) is 12.3. The maximum Gasteiger partial charge on any atom is 0.258 e. The van der Waals surface area contributed by atoms with Crippen LogP contribution in [0.2, 0.25) is 5.02 Å². The number of nitrogens with one attached hydrogen (secondary N) is 1. The second-order valence-corrected chi connectivity index (χ2v) is 5.39. The average molecular weight is 343 g/mol. The number of hydrogen-bond acceptors (Lipinski definition) is 1. The molecule has 0 saturated carbocycles. The third-order valence-corrected chi connectivity index (χ3v) is 3.35. The molecule has 1 amide bonds. The highest BCUT2D eigenvalue weighted by atomic mass is 79.9. The third-order valence-electron chi connectivity index (χ3n) is 2.62. The lowest BCUT2D eigenvalue weighted by Crippen LogP contribution is -2.14. The summed E-state index contributed by atoms with van der Waals surface area (Å²) in [6.45, 7) is 1.86. The van der Waals surface area contributed by atoms with Crippen LogP contribution in [0.3, 0.4) is 0 Å². The van der Waals surface area contributed by atoms with Gasteiger partial charge >= 0.3 is 0 Å². The summed E-state index contributed by atoms with van der Waals surface area (Å²) >= 11 is 8.97. The molecule has 0 spiro atoms. The number of benzene rings is 2. The first-order valence-electron chi connectivity index (χ1n) is 5.50. The second-order valence-electron chi connectivity index (χ2n) is 4.04. The lowest BCUT2D eigenvalue weighted by atomic mass is 10.1. The number of hydrogen-bond donors (Lipinski definition) is 1. The minimum Gasteiger partial charge on any atom is -0.322 e. The van der Waals surface area contributed by atoms with Gasteiger partial charge in [0.1, 0.15) is 5.82 Å². The van der Waals surface area contributed by atoms with E-state index < -0.39 is 11.7 Å². The number of carbonyl (C=O) groups excluding carboxylic acids is 1. The summed E-state index contributed by atoms with van der Waals surface area (Å²) in [6, 6.07) is 9.45. The Morgan fingerprint density at radius 2 is 2.00 bits per heavy atom. The maximum absolute atomic E-state index is 13.6. The van der Waals surface area contributed by atoms with Gasteiger partial charge in [0.15, 0.2) is 0 Å². The van der Waals surface area contributed by atoms with Crippen LogP contribution in [-0.4, -0.2) is 5.91 Å². The quantitative estimate of drug-likeness (QED) is 0.834. The van der Waals surface area contributed by atoms with E-state index in [2.05, 4.69) is 21.2 Å². The van der Waals surface area contributed by atoms with Gasteiger partial charge in [-0.1, -0.05) is 33.6 Å². The van der Waals surface area contributed by atoms with E-state index in [1.165, 1.54) is 12.1 Å². The zero-order valence-electron chi connectivity index (χ0n) is 10.0. The lowest BCUT2D eigenvalue weighted by Gasteiger charge is -2.09. The highest BCUT2D eigenvalue weighted by Gasteiger charge is 2.13. The molecule has 0 saturated heterocycles. The molecule has 2 rings (SSSR count). The second kappa shape index (κ2) is 5.72. The van der Waals surface area contributed by atoms with Crippen molar-refractivity contribution in [1.82, 2.24) is 0 Å². The molecule has 1 N–H and O–H groups in total. The van der Waals surface area contributed by atoms with Gasteiger partial charge < -0.3 is 5.32 Å². The van der Waals surface area contributed by atoms with Crippen LogP contribution in [-0.2, 0) is 0 Å². The first kappa shape index (κ1) is 14.0. The van der Waals surface area contributed by atoms with E-state index in [-0.39, 0.29) is 10.6 Å². The van der Waals surface area contributed by atoms with Gasteiger partial charge in [0, 0.05) is 15.2 Å². The van der Waals surface area contributed by atoms with Crippen molar-refractivity contribution >= 4 is 39.1 Å². The summed E-state index contributed by atoms with van der Waals surface area (Å²) in [7, 11) is 0. The van der Waals surface area contributed by atoms with E-state index in [4.69, 9.17) is 11.6 Å². The SMILES string of the molecule is Cc1ccc(Br)cc1NC(=O)c1ccc(Cl)cc1F. The fraction of sp³-hybridized carbons (Fsp3) is 0.0714. The Balaban J connectivity index is 2.28. The smallest absolute Gasteiger partial charge is 0.258 e. The number of halogens is 3. The predicted octanol–water partition coefficient (Wildman–Crippen LogP) is 4.80. The first-order valence-corrected chi connectivity index (χ1v) is 6.67. The molecule has 0 unspecified atom stereocenters. The molecule has 0 aliphatic carbocycles. The fourth-order valence-corrected chi connectivity index (χ4v) is 2.11. The molecule has 2 aromatic carbocycles. The highest BCUT2D eigenvalue weighted by Crippen LogP contribution is 2.22. The van der Waals surface area contributed by atoms with E-state index in [0.29, 0.717) is 5.69 Å². The van der Waals surface area contributed by atoms with Gasteiger partial charge in [0.05, 0.1) is 5.56 Å². The molecular weight excluding hydrogens is 333 g/mol. The predicted molar refractivity (Wildman–Crippen MR) is 78.2 cm³/mol. The van der Waals surface area contributed by atoms with Crippen LogP contribution in [0.5, 0.6) is 0 Å². The fourth-order valence-electron chi connectivity index (χ4n) is 1.59. The molecule has 98 valence electrons. The van der Waals surface area contributed by atoms with Crippen molar-refractivity contribution in [1.29, 1.82) is 0 Å². The number of rotatable bonds is 2. The van der Waals surface area contributed by atoms with Gasteiger partial charge in [-0.25, -0.2) is 4.39 Å². The van der Waals surface area contributed by atoms with Crippen LogP contribution in [0.1, 0.15) is 15.9 Å². The topological polar surface area (TPSA) is 29.1 Å². The zero-order chi connectivity index (χ0) is 14.0. The van der Waals surface area contributed by atoms with E-state index in [1.807, 2.05) is 19.1 Å². The van der Waals surface area contributed by atoms with E-state index >= 15 is 0 Å². The van der Waals surface area contributed by atoms with Crippen LogP contribution in [0.4, 0.5) is 10.1 Å². The number of carbonyl (C=O) groups is 1. The Labute approximate surface area is 123 Å². The van der Waals surface area contributed by atoms with E-state index in [1.54, 1.807) is 6.07 Å². The third kappa shape index (κ3) is 3.33. The van der Waals surface area contributed by atoms with Crippen LogP contribution in [0, 0.1) is 12.7 Å². The highest BCUT2D eigenvalue weighted by molar-refractivity contribution is 9.10. The van der Waals surface area contributed by atoms with Crippen molar-refractivity contribution in [2.24, 2.45) is 0 Å². The van der Waals surface area contributed by atoms with Crippen molar-refractivity contribution in [2.45, 2.75) is 6.92 Å². The normalized spacial score (nSPS) is 10.3. The van der Waals surface area contributed by atoms with Crippen LogP contribution >= 0.6 is 27.5 Å². The summed E-state index contributed by atoms with van der Waals surface area (Å²) in [4.78, 5) is 12.0. The Kier molecular flexibility index (Phi) is 4.22.